The van der Waals surface area contributed by atoms with Gasteiger partial charge in [-0.05, 0) is 25.5 Å². The Kier molecular flexibility index (Phi) is 6.63. The predicted molar refractivity (Wildman–Crippen MR) is 72.0 cm³/mol. The molecule has 0 aliphatic carbocycles. The monoisotopic (exact) mass is 302 g/mol. The van der Waals surface area contributed by atoms with Crippen molar-refractivity contribution in [3.8, 4) is 0 Å². The Balaban J connectivity index is 2.27. The molecule has 0 heterocycles. The van der Waals surface area contributed by atoms with Gasteiger partial charge in [-0.3, -0.25) is 8.98 Å². The van der Waals surface area contributed by atoms with E-state index in [1.165, 1.54) is 12.1 Å². The SMILES string of the molecule is Cc1ccc(S(=O)(=O)OCCOCCCC(=O)O)cc1. The maximum absolute atomic E-state index is 11.8. The Labute approximate surface area is 118 Å². The molecular weight excluding hydrogens is 284 g/mol. The van der Waals surface area contributed by atoms with E-state index in [1.54, 1.807) is 12.1 Å². The quantitative estimate of drug-likeness (QED) is 0.550. The summed E-state index contributed by atoms with van der Waals surface area (Å²) in [6, 6.07) is 6.36. The van der Waals surface area contributed by atoms with Gasteiger partial charge in [0.15, 0.2) is 0 Å². The van der Waals surface area contributed by atoms with E-state index in [2.05, 4.69) is 0 Å². The average molecular weight is 302 g/mol. The summed E-state index contributed by atoms with van der Waals surface area (Å²) < 4.78 is 33.4. The maximum Gasteiger partial charge on any atom is 0.303 e. The Bertz CT molecular complexity index is 520. The minimum atomic E-state index is -3.76. The number of hydrogen-bond donors (Lipinski definition) is 1. The third kappa shape index (κ3) is 6.14. The van der Waals surface area contributed by atoms with E-state index in [0.717, 1.165) is 5.56 Å². The van der Waals surface area contributed by atoms with Crippen molar-refractivity contribution >= 4 is 16.1 Å². The molecule has 20 heavy (non-hydrogen) atoms. The van der Waals surface area contributed by atoms with Crippen molar-refractivity contribution in [2.24, 2.45) is 0 Å². The summed E-state index contributed by atoms with van der Waals surface area (Å²) in [6.45, 7) is 2.14. The first-order chi connectivity index (χ1) is 9.42. The van der Waals surface area contributed by atoms with E-state index in [0.29, 0.717) is 6.42 Å². The molecule has 0 atom stereocenters. The number of benzene rings is 1. The summed E-state index contributed by atoms with van der Waals surface area (Å²) in [5, 5.41) is 8.41. The fourth-order valence-electron chi connectivity index (χ4n) is 1.40. The minimum Gasteiger partial charge on any atom is -0.481 e. The molecule has 1 rings (SSSR count). The highest BCUT2D eigenvalue weighted by Gasteiger charge is 2.14. The fourth-order valence-corrected chi connectivity index (χ4v) is 2.30. The molecule has 1 N–H and O–H groups in total. The van der Waals surface area contributed by atoms with Crippen molar-refractivity contribution in [3.63, 3.8) is 0 Å². The summed E-state index contributed by atoms with van der Waals surface area (Å²) in [4.78, 5) is 10.3. The molecular formula is C13H18O6S. The van der Waals surface area contributed by atoms with E-state index in [1.807, 2.05) is 6.92 Å². The number of rotatable bonds is 9. The van der Waals surface area contributed by atoms with Crippen LogP contribution in [0.5, 0.6) is 0 Å². The number of ether oxygens (including phenoxy) is 1. The van der Waals surface area contributed by atoms with Crippen molar-refractivity contribution in [1.29, 1.82) is 0 Å². The number of hydrogen-bond acceptors (Lipinski definition) is 5. The molecule has 0 saturated heterocycles. The summed E-state index contributed by atoms with van der Waals surface area (Å²) in [5.74, 6) is -0.883. The first kappa shape index (κ1) is 16.6. The van der Waals surface area contributed by atoms with Gasteiger partial charge in [0, 0.05) is 13.0 Å². The van der Waals surface area contributed by atoms with Gasteiger partial charge in [-0.25, -0.2) is 0 Å². The van der Waals surface area contributed by atoms with Crippen LogP contribution in [0.4, 0.5) is 0 Å². The summed E-state index contributed by atoms with van der Waals surface area (Å²) in [6.07, 6.45) is 0.419. The third-order valence-corrected chi connectivity index (χ3v) is 3.78. The van der Waals surface area contributed by atoms with Gasteiger partial charge in [-0.1, -0.05) is 17.7 Å². The van der Waals surface area contributed by atoms with Gasteiger partial charge < -0.3 is 9.84 Å². The van der Waals surface area contributed by atoms with E-state index < -0.39 is 16.1 Å². The van der Waals surface area contributed by atoms with E-state index in [9.17, 15) is 13.2 Å². The lowest BCUT2D eigenvalue weighted by atomic mass is 10.2. The normalized spacial score (nSPS) is 11.4. The second-order valence-corrected chi connectivity index (χ2v) is 5.81. The number of aliphatic carboxylic acids is 1. The van der Waals surface area contributed by atoms with Crippen LogP contribution in [0.3, 0.4) is 0 Å². The lowest BCUT2D eigenvalue weighted by Gasteiger charge is -2.06. The Hall–Kier alpha value is -1.44. The van der Waals surface area contributed by atoms with Crippen LogP contribution in [0.15, 0.2) is 29.2 Å². The molecule has 0 aliphatic rings. The highest BCUT2D eigenvalue weighted by atomic mass is 32.2. The molecule has 112 valence electrons. The molecule has 0 fully saturated rings. The summed E-state index contributed by atoms with van der Waals surface area (Å²) in [7, 11) is -3.76. The van der Waals surface area contributed by atoms with Crippen molar-refractivity contribution < 1.29 is 27.2 Å². The standard InChI is InChI=1S/C13H18O6S/c1-11-4-6-12(7-5-11)20(16,17)19-10-9-18-8-2-3-13(14)15/h4-7H,2-3,8-10H2,1H3,(H,14,15). The minimum absolute atomic E-state index is 0.0303. The fraction of sp³-hybridized carbons (Fsp3) is 0.462. The number of carboxylic acids is 1. The van der Waals surface area contributed by atoms with Crippen LogP contribution in [-0.4, -0.2) is 39.3 Å². The zero-order chi connectivity index (χ0) is 15.0. The van der Waals surface area contributed by atoms with Crippen LogP contribution in [0, 0.1) is 6.92 Å². The molecule has 0 unspecified atom stereocenters. The molecule has 0 aliphatic heterocycles. The van der Waals surface area contributed by atoms with Crippen LogP contribution in [0.25, 0.3) is 0 Å². The van der Waals surface area contributed by atoms with Crippen LogP contribution >= 0.6 is 0 Å². The largest absolute Gasteiger partial charge is 0.481 e. The second-order valence-electron chi connectivity index (χ2n) is 4.20. The zero-order valence-corrected chi connectivity index (χ0v) is 12.1. The highest BCUT2D eigenvalue weighted by Crippen LogP contribution is 2.12. The lowest BCUT2D eigenvalue weighted by Crippen LogP contribution is -2.12. The van der Waals surface area contributed by atoms with Crippen molar-refractivity contribution in [2.75, 3.05) is 19.8 Å². The van der Waals surface area contributed by atoms with Gasteiger partial charge in [0.2, 0.25) is 0 Å². The van der Waals surface area contributed by atoms with Crippen LogP contribution in [0.1, 0.15) is 18.4 Å². The highest BCUT2D eigenvalue weighted by molar-refractivity contribution is 7.86. The number of aryl methyl sites for hydroxylation is 1. The average Bonchev–Trinajstić information content (AvgIpc) is 2.37. The molecule has 0 bridgehead atoms. The molecule has 0 radical (unpaired) electrons. The smallest absolute Gasteiger partial charge is 0.303 e. The number of carboxylic acid groups (broad SMARTS) is 1. The molecule has 6 nitrogen and oxygen atoms in total. The van der Waals surface area contributed by atoms with Crippen LogP contribution in [0.2, 0.25) is 0 Å². The lowest BCUT2D eigenvalue weighted by molar-refractivity contribution is -0.137. The van der Waals surface area contributed by atoms with Gasteiger partial charge in [0.05, 0.1) is 18.1 Å². The summed E-state index contributed by atoms with van der Waals surface area (Å²) in [5.41, 5.74) is 0.964. The first-order valence-corrected chi connectivity index (χ1v) is 7.58. The van der Waals surface area contributed by atoms with E-state index in [4.69, 9.17) is 14.0 Å². The van der Waals surface area contributed by atoms with Crippen LogP contribution in [-0.2, 0) is 23.8 Å². The third-order valence-electron chi connectivity index (χ3n) is 2.46. The van der Waals surface area contributed by atoms with Gasteiger partial charge in [0.25, 0.3) is 10.1 Å². The first-order valence-electron chi connectivity index (χ1n) is 6.17. The van der Waals surface area contributed by atoms with Gasteiger partial charge in [0.1, 0.15) is 0 Å². The van der Waals surface area contributed by atoms with Gasteiger partial charge >= 0.3 is 5.97 Å². The molecule has 1 aromatic carbocycles. The second kappa shape index (κ2) is 7.98. The number of carbonyl (C=O) groups is 1. The van der Waals surface area contributed by atoms with Crippen molar-refractivity contribution in [2.45, 2.75) is 24.7 Å². The molecule has 7 heteroatoms. The molecule has 1 aromatic rings. The van der Waals surface area contributed by atoms with E-state index >= 15 is 0 Å². The Morgan fingerprint density at radius 1 is 1.15 bits per heavy atom. The van der Waals surface area contributed by atoms with Crippen molar-refractivity contribution in [1.82, 2.24) is 0 Å². The van der Waals surface area contributed by atoms with E-state index in [-0.39, 0.29) is 31.1 Å². The predicted octanol–water partition coefficient (Wildman–Crippen LogP) is 1.58. The molecule has 0 spiro atoms. The molecule has 0 saturated carbocycles. The topological polar surface area (TPSA) is 89.9 Å². The van der Waals surface area contributed by atoms with Crippen LogP contribution < -0.4 is 0 Å². The molecule has 0 amide bonds. The Morgan fingerprint density at radius 3 is 2.40 bits per heavy atom. The van der Waals surface area contributed by atoms with Crippen molar-refractivity contribution in [3.05, 3.63) is 29.8 Å². The van der Waals surface area contributed by atoms with Gasteiger partial charge in [-0.2, -0.15) is 8.42 Å². The maximum atomic E-state index is 11.8. The van der Waals surface area contributed by atoms with Gasteiger partial charge in [-0.15, -0.1) is 0 Å². The Morgan fingerprint density at radius 2 is 1.80 bits per heavy atom. The summed E-state index contributed by atoms with van der Waals surface area (Å²) >= 11 is 0. The zero-order valence-electron chi connectivity index (χ0n) is 11.2. The molecule has 0 aromatic heterocycles.